The van der Waals surface area contributed by atoms with Gasteiger partial charge in [0.25, 0.3) is 0 Å². The third-order valence-electron chi connectivity index (χ3n) is 1.93. The van der Waals surface area contributed by atoms with Crippen LogP contribution in [-0.4, -0.2) is 46.5 Å². The molecular weight excluding hydrogens is 228 g/mol. The smallest absolute Gasteiger partial charge is 0.336 e. The summed E-state index contributed by atoms with van der Waals surface area (Å²) >= 11 is 0. The monoisotopic (exact) mass is 242 g/mol. The maximum atomic E-state index is 11.4. The lowest BCUT2D eigenvalue weighted by Gasteiger charge is -2.09. The van der Waals surface area contributed by atoms with Crippen molar-refractivity contribution < 1.29 is 19.4 Å². The minimum atomic E-state index is -1.37. The highest BCUT2D eigenvalue weighted by Crippen LogP contribution is 1.95. The molecule has 0 aliphatic rings. The van der Waals surface area contributed by atoms with E-state index in [-0.39, 0.29) is 13.1 Å². The molecular formula is C9H14N4O4. The lowest BCUT2D eigenvalue weighted by molar-refractivity contribution is -0.150. The Bertz CT molecular complexity index is 403. The molecule has 1 rings (SSSR count). The van der Waals surface area contributed by atoms with Crippen LogP contribution in [0.1, 0.15) is 0 Å². The number of methoxy groups -OCH3 is 1. The molecule has 94 valence electrons. The van der Waals surface area contributed by atoms with Gasteiger partial charge in [0, 0.05) is 6.20 Å². The van der Waals surface area contributed by atoms with Crippen LogP contribution in [0, 0.1) is 0 Å². The second-order valence-electron chi connectivity index (χ2n) is 3.28. The molecule has 0 aliphatic carbocycles. The van der Waals surface area contributed by atoms with Crippen LogP contribution in [0.15, 0.2) is 12.3 Å². The molecule has 0 saturated heterocycles. The van der Waals surface area contributed by atoms with Gasteiger partial charge in [0.2, 0.25) is 5.91 Å². The minimum Gasteiger partial charge on any atom is -0.467 e. The molecule has 8 heteroatoms. The molecule has 0 radical (unpaired) electrons. The van der Waals surface area contributed by atoms with Gasteiger partial charge in [0.15, 0.2) is 6.10 Å². The highest BCUT2D eigenvalue weighted by Gasteiger charge is 2.16. The number of nitrogen functional groups attached to an aromatic ring is 1. The number of aromatic nitrogens is 2. The number of nitrogens with one attached hydrogen (secondary N) is 1. The SMILES string of the molecule is COC(=O)C(O)CNC(=O)Cn1ccc(N)n1. The van der Waals surface area contributed by atoms with Gasteiger partial charge in [-0.2, -0.15) is 5.10 Å². The highest BCUT2D eigenvalue weighted by molar-refractivity contribution is 5.78. The van der Waals surface area contributed by atoms with Crippen molar-refractivity contribution in [3.05, 3.63) is 12.3 Å². The summed E-state index contributed by atoms with van der Waals surface area (Å²) in [7, 11) is 1.15. The van der Waals surface area contributed by atoms with Gasteiger partial charge in [-0.15, -0.1) is 0 Å². The number of anilines is 1. The molecule has 1 unspecified atom stereocenters. The van der Waals surface area contributed by atoms with Crippen molar-refractivity contribution in [2.45, 2.75) is 12.6 Å². The predicted molar refractivity (Wildman–Crippen MR) is 57.7 cm³/mol. The second-order valence-corrected chi connectivity index (χ2v) is 3.28. The van der Waals surface area contributed by atoms with Crippen molar-refractivity contribution in [1.29, 1.82) is 0 Å². The number of rotatable bonds is 5. The molecule has 1 atom stereocenters. The highest BCUT2D eigenvalue weighted by atomic mass is 16.5. The number of amides is 1. The van der Waals surface area contributed by atoms with Crippen LogP contribution in [0.5, 0.6) is 0 Å². The molecule has 1 aromatic rings. The van der Waals surface area contributed by atoms with Crippen LogP contribution in [0.2, 0.25) is 0 Å². The van der Waals surface area contributed by atoms with Crippen LogP contribution >= 0.6 is 0 Å². The predicted octanol–water partition coefficient (Wildman–Crippen LogP) is -1.88. The molecule has 4 N–H and O–H groups in total. The molecule has 0 bridgehead atoms. The fourth-order valence-corrected chi connectivity index (χ4v) is 1.10. The number of aliphatic hydroxyl groups excluding tert-OH is 1. The Hall–Kier alpha value is -2.09. The maximum absolute atomic E-state index is 11.4. The molecule has 0 saturated carbocycles. The fourth-order valence-electron chi connectivity index (χ4n) is 1.10. The lowest BCUT2D eigenvalue weighted by atomic mass is 10.3. The van der Waals surface area contributed by atoms with E-state index in [0.29, 0.717) is 5.82 Å². The molecule has 17 heavy (non-hydrogen) atoms. The van der Waals surface area contributed by atoms with Crippen LogP contribution in [0.4, 0.5) is 5.82 Å². The zero-order valence-electron chi connectivity index (χ0n) is 9.29. The number of hydrogen-bond donors (Lipinski definition) is 3. The Kier molecular flexibility index (Phi) is 4.46. The van der Waals surface area contributed by atoms with E-state index in [0.717, 1.165) is 7.11 Å². The van der Waals surface area contributed by atoms with E-state index >= 15 is 0 Å². The van der Waals surface area contributed by atoms with Crippen LogP contribution in [0.3, 0.4) is 0 Å². The number of nitrogens with zero attached hydrogens (tertiary/aromatic N) is 2. The Labute approximate surface area is 97.3 Å². The van der Waals surface area contributed by atoms with Crippen molar-refractivity contribution >= 4 is 17.7 Å². The van der Waals surface area contributed by atoms with Crippen molar-refractivity contribution in [2.24, 2.45) is 0 Å². The average molecular weight is 242 g/mol. The number of ether oxygens (including phenoxy) is 1. The molecule has 0 aromatic carbocycles. The summed E-state index contributed by atoms with van der Waals surface area (Å²) in [5.41, 5.74) is 5.37. The fraction of sp³-hybridized carbons (Fsp3) is 0.444. The van der Waals surface area contributed by atoms with Crippen LogP contribution in [-0.2, 0) is 20.9 Å². The van der Waals surface area contributed by atoms with Crippen LogP contribution in [0.25, 0.3) is 0 Å². The quantitative estimate of drug-likeness (QED) is 0.520. The van der Waals surface area contributed by atoms with E-state index in [9.17, 15) is 14.7 Å². The zero-order valence-corrected chi connectivity index (χ0v) is 9.29. The van der Waals surface area contributed by atoms with E-state index in [1.54, 1.807) is 12.3 Å². The summed E-state index contributed by atoms with van der Waals surface area (Å²) in [6, 6.07) is 1.55. The van der Waals surface area contributed by atoms with E-state index in [1.807, 2.05) is 0 Å². The molecule has 8 nitrogen and oxygen atoms in total. The van der Waals surface area contributed by atoms with Gasteiger partial charge in [0.1, 0.15) is 12.4 Å². The van der Waals surface area contributed by atoms with Crippen molar-refractivity contribution in [1.82, 2.24) is 15.1 Å². The van der Waals surface area contributed by atoms with Gasteiger partial charge in [-0.25, -0.2) is 4.79 Å². The number of carbonyl (C=O) groups is 2. The summed E-state index contributed by atoms with van der Waals surface area (Å²) in [5, 5.41) is 15.4. The normalized spacial score (nSPS) is 11.9. The van der Waals surface area contributed by atoms with E-state index in [1.165, 1.54) is 4.68 Å². The average Bonchev–Trinajstić information content (AvgIpc) is 2.70. The van der Waals surface area contributed by atoms with E-state index in [2.05, 4.69) is 15.2 Å². The third-order valence-corrected chi connectivity index (χ3v) is 1.93. The molecule has 0 spiro atoms. The number of nitrogens with two attached hydrogens (primary N) is 1. The number of hydrogen-bond acceptors (Lipinski definition) is 6. The summed E-state index contributed by atoms with van der Waals surface area (Å²) in [5.74, 6) is -0.878. The first-order chi connectivity index (χ1) is 8.02. The Morgan fingerprint density at radius 1 is 1.71 bits per heavy atom. The van der Waals surface area contributed by atoms with E-state index < -0.39 is 18.0 Å². The molecule has 1 amide bonds. The molecule has 1 aromatic heterocycles. The number of esters is 1. The summed E-state index contributed by atoms with van der Waals surface area (Å²) < 4.78 is 5.63. The number of carbonyl (C=O) groups excluding carboxylic acids is 2. The Morgan fingerprint density at radius 2 is 2.41 bits per heavy atom. The first-order valence-corrected chi connectivity index (χ1v) is 4.84. The van der Waals surface area contributed by atoms with E-state index in [4.69, 9.17) is 5.73 Å². The summed E-state index contributed by atoms with van der Waals surface area (Å²) in [6.45, 7) is -0.243. The third kappa shape index (κ3) is 4.11. The van der Waals surface area contributed by atoms with Crippen molar-refractivity contribution in [3.63, 3.8) is 0 Å². The minimum absolute atomic E-state index is 0.0366. The first-order valence-electron chi connectivity index (χ1n) is 4.84. The van der Waals surface area contributed by atoms with Gasteiger partial charge >= 0.3 is 5.97 Å². The van der Waals surface area contributed by atoms with Gasteiger partial charge < -0.3 is 20.9 Å². The van der Waals surface area contributed by atoms with Crippen molar-refractivity contribution in [3.8, 4) is 0 Å². The number of aliphatic hydroxyl groups is 1. The van der Waals surface area contributed by atoms with Crippen molar-refractivity contribution in [2.75, 3.05) is 19.4 Å². The summed E-state index contributed by atoms with van der Waals surface area (Å²) in [4.78, 5) is 22.2. The first kappa shape index (κ1) is 13.0. The lowest BCUT2D eigenvalue weighted by Crippen LogP contribution is -2.38. The summed E-state index contributed by atoms with van der Waals surface area (Å²) in [6.07, 6.45) is 0.178. The molecule has 0 aliphatic heterocycles. The Balaban J connectivity index is 2.33. The second kappa shape index (κ2) is 5.85. The maximum Gasteiger partial charge on any atom is 0.336 e. The molecule has 0 fully saturated rings. The van der Waals surface area contributed by atoms with Gasteiger partial charge in [-0.05, 0) is 6.07 Å². The van der Waals surface area contributed by atoms with Gasteiger partial charge in [-0.1, -0.05) is 0 Å². The van der Waals surface area contributed by atoms with Crippen LogP contribution < -0.4 is 11.1 Å². The van der Waals surface area contributed by atoms with Gasteiger partial charge in [0.05, 0.1) is 13.7 Å². The zero-order chi connectivity index (χ0) is 12.8. The topological polar surface area (TPSA) is 119 Å². The van der Waals surface area contributed by atoms with Gasteiger partial charge in [-0.3, -0.25) is 9.48 Å². The Morgan fingerprint density at radius 3 is 2.94 bits per heavy atom. The standard InChI is InChI=1S/C9H14N4O4/c1-17-9(16)6(14)4-11-8(15)5-13-3-2-7(10)12-13/h2-3,6,14H,4-5H2,1H3,(H2,10,12)(H,11,15). The largest absolute Gasteiger partial charge is 0.467 e. The molecule has 1 heterocycles.